The van der Waals surface area contributed by atoms with E-state index in [2.05, 4.69) is 5.32 Å². The van der Waals surface area contributed by atoms with Crippen molar-refractivity contribution in [2.75, 3.05) is 24.2 Å². The molecule has 0 bridgehead atoms. The van der Waals surface area contributed by atoms with E-state index >= 15 is 0 Å². The summed E-state index contributed by atoms with van der Waals surface area (Å²) >= 11 is 0. The molecule has 2 rings (SSSR count). The molecule has 0 aromatic heterocycles. The third-order valence-corrected chi connectivity index (χ3v) is 4.64. The highest BCUT2D eigenvalue weighted by Gasteiger charge is 2.14. The van der Waals surface area contributed by atoms with Crippen molar-refractivity contribution in [1.82, 2.24) is 0 Å². The molecule has 0 saturated heterocycles. The van der Waals surface area contributed by atoms with Gasteiger partial charge >= 0.3 is 0 Å². The zero-order valence-electron chi connectivity index (χ0n) is 12.0. The van der Waals surface area contributed by atoms with Gasteiger partial charge in [0.15, 0.2) is 0 Å². The van der Waals surface area contributed by atoms with Gasteiger partial charge < -0.3 is 15.8 Å². The van der Waals surface area contributed by atoms with E-state index in [1.165, 1.54) is 25.3 Å². The monoisotopic (exact) mass is 313 g/mol. The van der Waals surface area contributed by atoms with Gasteiger partial charge in [-0.05, 0) is 31.0 Å². The molecular weight excluding hydrogens is 290 g/mol. The second kappa shape index (κ2) is 7.11. The van der Waals surface area contributed by atoms with Gasteiger partial charge in [0.05, 0.1) is 18.4 Å². The van der Waals surface area contributed by atoms with Gasteiger partial charge in [-0.1, -0.05) is 19.3 Å². The Morgan fingerprint density at radius 3 is 2.57 bits per heavy atom. The van der Waals surface area contributed by atoms with Gasteiger partial charge in [0.2, 0.25) is 10.0 Å². The van der Waals surface area contributed by atoms with E-state index in [-0.39, 0.29) is 10.6 Å². The maximum Gasteiger partial charge on any atom is 0.240 e. The van der Waals surface area contributed by atoms with Crippen LogP contribution in [0.5, 0.6) is 0 Å². The molecule has 7 heteroatoms. The summed E-state index contributed by atoms with van der Waals surface area (Å²) in [6.07, 6.45) is 6.50. The molecule has 0 radical (unpaired) electrons. The van der Waals surface area contributed by atoms with Crippen LogP contribution in [0.1, 0.15) is 32.1 Å². The Balaban J connectivity index is 1.79. The molecule has 1 aromatic carbocycles. The Morgan fingerprint density at radius 2 is 1.95 bits per heavy atom. The number of anilines is 2. The molecule has 1 aliphatic carbocycles. The maximum absolute atomic E-state index is 11.3. The van der Waals surface area contributed by atoms with E-state index in [9.17, 15) is 8.42 Å². The SMILES string of the molecule is Nc1cc(NCCOC2CCCCC2)ccc1S(N)(=O)=O. The van der Waals surface area contributed by atoms with Crippen LogP contribution in [0.25, 0.3) is 0 Å². The molecule has 6 nitrogen and oxygen atoms in total. The first-order valence-electron chi connectivity index (χ1n) is 7.24. The number of benzene rings is 1. The van der Waals surface area contributed by atoms with Crippen LogP contribution in [-0.2, 0) is 14.8 Å². The van der Waals surface area contributed by atoms with Crippen LogP contribution in [-0.4, -0.2) is 27.7 Å². The lowest BCUT2D eigenvalue weighted by Crippen LogP contribution is -2.20. The van der Waals surface area contributed by atoms with Gasteiger partial charge in [0.25, 0.3) is 0 Å². The molecule has 1 saturated carbocycles. The van der Waals surface area contributed by atoms with Gasteiger partial charge in [0, 0.05) is 12.2 Å². The molecule has 0 unspecified atom stereocenters. The van der Waals surface area contributed by atoms with Gasteiger partial charge in [-0.2, -0.15) is 0 Å². The van der Waals surface area contributed by atoms with Crippen molar-refractivity contribution in [3.05, 3.63) is 18.2 Å². The first-order valence-corrected chi connectivity index (χ1v) is 8.79. The lowest BCUT2D eigenvalue weighted by Gasteiger charge is -2.22. The normalized spacial score (nSPS) is 16.8. The van der Waals surface area contributed by atoms with Crippen LogP contribution in [0.15, 0.2) is 23.1 Å². The lowest BCUT2D eigenvalue weighted by atomic mass is 9.98. The summed E-state index contributed by atoms with van der Waals surface area (Å²) < 4.78 is 28.3. The maximum atomic E-state index is 11.3. The Bertz CT molecular complexity index is 569. The number of hydrogen-bond acceptors (Lipinski definition) is 5. The van der Waals surface area contributed by atoms with E-state index < -0.39 is 10.0 Å². The molecule has 0 heterocycles. The quantitative estimate of drug-likeness (QED) is 0.547. The number of primary sulfonamides is 1. The first-order chi connectivity index (χ1) is 9.97. The van der Waals surface area contributed by atoms with Gasteiger partial charge in [-0.15, -0.1) is 0 Å². The Kier molecular flexibility index (Phi) is 5.44. The number of rotatable bonds is 6. The summed E-state index contributed by atoms with van der Waals surface area (Å²) in [6.45, 7) is 1.28. The molecule has 1 aromatic rings. The average Bonchev–Trinajstić information content (AvgIpc) is 2.43. The third-order valence-electron chi connectivity index (χ3n) is 3.65. The van der Waals surface area contributed by atoms with Crippen LogP contribution < -0.4 is 16.2 Å². The van der Waals surface area contributed by atoms with E-state index in [1.807, 2.05) is 0 Å². The largest absolute Gasteiger partial charge is 0.398 e. The minimum Gasteiger partial charge on any atom is -0.398 e. The van der Waals surface area contributed by atoms with E-state index in [1.54, 1.807) is 12.1 Å². The van der Waals surface area contributed by atoms with Crippen molar-refractivity contribution in [3.8, 4) is 0 Å². The molecule has 5 N–H and O–H groups in total. The van der Waals surface area contributed by atoms with Crippen LogP contribution in [0.2, 0.25) is 0 Å². The average molecular weight is 313 g/mol. The molecule has 0 aliphatic heterocycles. The van der Waals surface area contributed by atoms with Gasteiger partial charge in [0.1, 0.15) is 4.90 Å². The summed E-state index contributed by atoms with van der Waals surface area (Å²) in [7, 11) is -3.77. The molecule has 1 aliphatic rings. The predicted molar refractivity (Wildman–Crippen MR) is 83.5 cm³/mol. The van der Waals surface area contributed by atoms with Crippen molar-refractivity contribution < 1.29 is 13.2 Å². The topological polar surface area (TPSA) is 107 Å². The van der Waals surface area contributed by atoms with Crippen molar-refractivity contribution in [3.63, 3.8) is 0 Å². The van der Waals surface area contributed by atoms with Crippen LogP contribution in [0, 0.1) is 0 Å². The fourth-order valence-corrected chi connectivity index (χ4v) is 3.22. The lowest BCUT2D eigenvalue weighted by molar-refractivity contribution is 0.0347. The van der Waals surface area contributed by atoms with Gasteiger partial charge in [-0.3, -0.25) is 0 Å². The third kappa shape index (κ3) is 4.87. The van der Waals surface area contributed by atoms with Crippen LogP contribution in [0.4, 0.5) is 11.4 Å². The first kappa shape index (κ1) is 16.1. The van der Waals surface area contributed by atoms with Gasteiger partial charge in [-0.25, -0.2) is 13.6 Å². The fourth-order valence-electron chi connectivity index (χ4n) is 2.57. The number of hydrogen-bond donors (Lipinski definition) is 3. The van der Waals surface area contributed by atoms with Crippen molar-refractivity contribution in [2.24, 2.45) is 5.14 Å². The standard InChI is InChI=1S/C14H23N3O3S/c15-13-10-11(6-7-14(13)21(16,18)19)17-8-9-20-12-4-2-1-3-5-12/h6-7,10,12,17H,1-5,8-9,15H2,(H2,16,18,19). The van der Waals surface area contributed by atoms with Crippen LogP contribution >= 0.6 is 0 Å². The molecule has 118 valence electrons. The zero-order chi connectivity index (χ0) is 15.3. The van der Waals surface area contributed by atoms with Crippen molar-refractivity contribution in [2.45, 2.75) is 43.1 Å². The highest BCUT2D eigenvalue weighted by molar-refractivity contribution is 7.89. The smallest absolute Gasteiger partial charge is 0.240 e. The zero-order valence-corrected chi connectivity index (χ0v) is 12.9. The summed E-state index contributed by atoms with van der Waals surface area (Å²) in [5.41, 5.74) is 6.60. The fraction of sp³-hybridized carbons (Fsp3) is 0.571. The number of nitrogen functional groups attached to an aromatic ring is 1. The number of ether oxygens (including phenoxy) is 1. The minimum atomic E-state index is -3.77. The van der Waals surface area contributed by atoms with E-state index in [4.69, 9.17) is 15.6 Å². The number of sulfonamides is 1. The van der Waals surface area contributed by atoms with E-state index in [0.717, 1.165) is 18.5 Å². The minimum absolute atomic E-state index is 0.0495. The van der Waals surface area contributed by atoms with Crippen molar-refractivity contribution >= 4 is 21.4 Å². The molecule has 1 fully saturated rings. The second-order valence-electron chi connectivity index (χ2n) is 5.36. The highest BCUT2D eigenvalue weighted by atomic mass is 32.2. The summed E-state index contributed by atoms with van der Waals surface area (Å²) in [5, 5.41) is 8.23. The second-order valence-corrected chi connectivity index (χ2v) is 6.89. The Hall–Kier alpha value is -1.31. The highest BCUT2D eigenvalue weighted by Crippen LogP contribution is 2.22. The Labute approximate surface area is 125 Å². The summed E-state index contributed by atoms with van der Waals surface area (Å²) in [5.74, 6) is 0. The predicted octanol–water partition coefficient (Wildman–Crippen LogP) is 1.68. The summed E-state index contributed by atoms with van der Waals surface area (Å²) in [6, 6.07) is 4.63. The molecule has 0 atom stereocenters. The molecule has 0 spiro atoms. The summed E-state index contributed by atoms with van der Waals surface area (Å²) in [4.78, 5) is -0.0495. The van der Waals surface area contributed by atoms with E-state index in [0.29, 0.717) is 19.3 Å². The molecule has 21 heavy (non-hydrogen) atoms. The van der Waals surface area contributed by atoms with Crippen LogP contribution in [0.3, 0.4) is 0 Å². The van der Waals surface area contributed by atoms with Crippen molar-refractivity contribution in [1.29, 1.82) is 0 Å². The molecular formula is C14H23N3O3S. The Morgan fingerprint density at radius 1 is 1.24 bits per heavy atom. The number of nitrogens with two attached hydrogens (primary N) is 2. The number of nitrogens with one attached hydrogen (secondary N) is 1. The molecule has 0 amide bonds.